The van der Waals surface area contributed by atoms with Gasteiger partial charge in [0, 0.05) is 28.4 Å². The molecule has 2 heterocycles. The van der Waals surface area contributed by atoms with Crippen molar-refractivity contribution in [1.82, 2.24) is 15.0 Å². The van der Waals surface area contributed by atoms with E-state index >= 15 is 0 Å². The van der Waals surface area contributed by atoms with E-state index in [0.717, 1.165) is 0 Å². The van der Waals surface area contributed by atoms with Crippen molar-refractivity contribution in [1.29, 1.82) is 0 Å². The third-order valence-electron chi connectivity index (χ3n) is 4.12. The largest absolute Gasteiger partial charge is 0.394 e. The summed E-state index contributed by atoms with van der Waals surface area (Å²) in [6.45, 7) is -0.400. The molecular formula is C18H17FIN5O4. The minimum absolute atomic E-state index is 0.0615. The molecule has 0 bridgehead atoms. The zero-order valence-corrected chi connectivity index (χ0v) is 17.4. The van der Waals surface area contributed by atoms with E-state index in [9.17, 15) is 14.0 Å². The monoisotopic (exact) mass is 513 g/mol. The number of carbonyl (C=O) groups excluding carboxylic acids is 2. The topological polar surface area (TPSA) is 132 Å². The molecule has 11 heteroatoms. The number of anilines is 2. The van der Waals surface area contributed by atoms with Crippen LogP contribution in [0.2, 0.25) is 0 Å². The molecule has 0 unspecified atom stereocenters. The number of primary amides is 1. The maximum atomic E-state index is 14.4. The average molecular weight is 513 g/mol. The lowest BCUT2D eigenvalue weighted by atomic mass is 10.2. The number of hydrogen-bond donors (Lipinski definition) is 4. The maximum absolute atomic E-state index is 14.4. The molecule has 1 aromatic carbocycles. The molecule has 3 rings (SSSR count). The maximum Gasteiger partial charge on any atom is 0.293 e. The van der Waals surface area contributed by atoms with Gasteiger partial charge in [-0.2, -0.15) is 0 Å². The molecule has 0 fully saturated rings. The van der Waals surface area contributed by atoms with E-state index in [2.05, 4.69) is 15.8 Å². The highest BCUT2D eigenvalue weighted by atomic mass is 127. The SMILES string of the molecule is Cn1c(C(=O)NOCCO)c(Nc2ccc(I)cc2F)c2cncc(C(N)=O)c21. The Kier molecular flexibility index (Phi) is 6.30. The van der Waals surface area contributed by atoms with Gasteiger partial charge in [0.05, 0.1) is 35.7 Å². The molecule has 29 heavy (non-hydrogen) atoms. The zero-order valence-electron chi connectivity index (χ0n) is 15.2. The van der Waals surface area contributed by atoms with Crippen molar-refractivity contribution in [3.8, 4) is 0 Å². The van der Waals surface area contributed by atoms with Gasteiger partial charge < -0.3 is 20.7 Å². The third kappa shape index (κ3) is 4.16. The number of aliphatic hydroxyl groups excluding tert-OH is 1. The first kappa shape index (κ1) is 21.0. The van der Waals surface area contributed by atoms with Crippen LogP contribution in [0.25, 0.3) is 10.9 Å². The Labute approximate surface area is 178 Å². The van der Waals surface area contributed by atoms with E-state index in [4.69, 9.17) is 15.7 Å². The molecule has 0 saturated heterocycles. The molecule has 0 radical (unpaired) electrons. The Balaban J connectivity index is 2.19. The van der Waals surface area contributed by atoms with Gasteiger partial charge in [-0.3, -0.25) is 19.4 Å². The van der Waals surface area contributed by atoms with Gasteiger partial charge in [-0.05, 0) is 40.8 Å². The van der Waals surface area contributed by atoms with Crippen LogP contribution in [0.3, 0.4) is 0 Å². The lowest BCUT2D eigenvalue weighted by molar-refractivity contribution is 0.0163. The van der Waals surface area contributed by atoms with Gasteiger partial charge >= 0.3 is 0 Å². The summed E-state index contributed by atoms with van der Waals surface area (Å²) in [5.74, 6) is -1.91. The van der Waals surface area contributed by atoms with Gasteiger partial charge in [0.2, 0.25) is 0 Å². The second kappa shape index (κ2) is 8.71. The molecule has 2 aromatic heterocycles. The smallest absolute Gasteiger partial charge is 0.293 e. The molecule has 0 atom stereocenters. The number of hydrogen-bond acceptors (Lipinski definition) is 6. The molecule has 0 aliphatic carbocycles. The second-order valence-electron chi connectivity index (χ2n) is 5.98. The number of nitrogens with one attached hydrogen (secondary N) is 2. The van der Waals surface area contributed by atoms with Crippen molar-refractivity contribution < 1.29 is 23.9 Å². The number of nitrogens with two attached hydrogens (primary N) is 1. The minimum Gasteiger partial charge on any atom is -0.394 e. The highest BCUT2D eigenvalue weighted by Crippen LogP contribution is 2.35. The number of fused-ring (bicyclic) bond motifs is 1. The first-order valence-electron chi connectivity index (χ1n) is 8.36. The van der Waals surface area contributed by atoms with Crippen molar-refractivity contribution in [2.24, 2.45) is 12.8 Å². The number of benzene rings is 1. The van der Waals surface area contributed by atoms with Crippen molar-refractivity contribution in [3.63, 3.8) is 0 Å². The van der Waals surface area contributed by atoms with E-state index in [1.165, 1.54) is 29.1 Å². The fourth-order valence-corrected chi connectivity index (χ4v) is 3.37. The Bertz CT molecular complexity index is 1100. The molecule has 2 amide bonds. The summed E-state index contributed by atoms with van der Waals surface area (Å²) in [7, 11) is 1.56. The molecule has 5 N–H and O–H groups in total. The van der Waals surface area contributed by atoms with E-state index in [1.807, 2.05) is 22.6 Å². The van der Waals surface area contributed by atoms with Gasteiger partial charge in [0.15, 0.2) is 0 Å². The first-order valence-corrected chi connectivity index (χ1v) is 9.44. The summed E-state index contributed by atoms with van der Waals surface area (Å²) < 4.78 is 16.6. The number of hydroxylamine groups is 1. The van der Waals surface area contributed by atoms with Crippen molar-refractivity contribution in [2.45, 2.75) is 0 Å². The van der Waals surface area contributed by atoms with Crippen LogP contribution in [-0.2, 0) is 11.9 Å². The summed E-state index contributed by atoms with van der Waals surface area (Å²) in [6, 6.07) is 4.57. The third-order valence-corrected chi connectivity index (χ3v) is 4.80. The molecule has 152 valence electrons. The lowest BCUT2D eigenvalue weighted by Gasteiger charge is -2.11. The lowest BCUT2D eigenvalue weighted by Crippen LogP contribution is -2.27. The zero-order chi connectivity index (χ0) is 21.1. The van der Waals surface area contributed by atoms with Crippen LogP contribution in [0.15, 0.2) is 30.6 Å². The summed E-state index contributed by atoms with van der Waals surface area (Å²) in [5.41, 5.74) is 8.54. The van der Waals surface area contributed by atoms with Crippen LogP contribution in [0.4, 0.5) is 15.8 Å². The summed E-state index contributed by atoms with van der Waals surface area (Å²) in [4.78, 5) is 33.5. The number of nitrogens with zero attached hydrogens (tertiary/aromatic N) is 2. The number of carbonyl (C=O) groups is 2. The second-order valence-corrected chi connectivity index (χ2v) is 7.23. The van der Waals surface area contributed by atoms with Gasteiger partial charge in [0.1, 0.15) is 11.5 Å². The predicted molar refractivity (Wildman–Crippen MR) is 112 cm³/mol. The van der Waals surface area contributed by atoms with Gasteiger partial charge in [-0.1, -0.05) is 0 Å². The van der Waals surface area contributed by atoms with Crippen molar-refractivity contribution >= 4 is 56.7 Å². The fraction of sp³-hybridized carbons (Fsp3) is 0.167. The van der Waals surface area contributed by atoms with Gasteiger partial charge in [0.25, 0.3) is 11.8 Å². The number of halogens is 2. The Morgan fingerprint density at radius 1 is 1.38 bits per heavy atom. The molecule has 0 saturated carbocycles. The average Bonchev–Trinajstić information content (AvgIpc) is 2.96. The van der Waals surface area contributed by atoms with Crippen LogP contribution < -0.4 is 16.5 Å². The summed E-state index contributed by atoms with van der Waals surface area (Å²) in [5, 5.41) is 12.1. The Morgan fingerprint density at radius 2 is 2.14 bits per heavy atom. The standard InChI is InChI=1S/C18H17FIN5O4/c1-25-15-10(7-22-8-11(15)17(21)27)14(16(25)18(28)24-29-5-4-26)23-13-3-2-9(20)6-12(13)19/h2-3,6-8,23,26H,4-5H2,1H3,(H2,21,27)(H,24,28). The van der Waals surface area contributed by atoms with Crippen LogP contribution in [0.5, 0.6) is 0 Å². The number of aryl methyl sites for hydroxylation is 1. The predicted octanol–water partition coefficient (Wildman–Crippen LogP) is 1.81. The molecule has 0 spiro atoms. The fourth-order valence-electron chi connectivity index (χ4n) is 2.91. The van der Waals surface area contributed by atoms with Crippen LogP contribution >= 0.6 is 22.6 Å². The first-order chi connectivity index (χ1) is 13.8. The summed E-state index contributed by atoms with van der Waals surface area (Å²) in [6.07, 6.45) is 2.74. The molecule has 3 aromatic rings. The Hall–Kier alpha value is -2.77. The number of amides is 2. The number of aliphatic hydroxyl groups is 1. The number of rotatable bonds is 7. The van der Waals surface area contributed by atoms with Gasteiger partial charge in [-0.25, -0.2) is 9.87 Å². The highest BCUT2D eigenvalue weighted by Gasteiger charge is 2.25. The van der Waals surface area contributed by atoms with E-state index < -0.39 is 17.6 Å². The quantitative estimate of drug-likeness (QED) is 0.217. The molecule has 0 aliphatic heterocycles. The summed E-state index contributed by atoms with van der Waals surface area (Å²) >= 11 is 1.98. The van der Waals surface area contributed by atoms with Crippen LogP contribution in [-0.4, -0.2) is 39.7 Å². The minimum atomic E-state index is -0.723. The number of pyridine rings is 1. The Morgan fingerprint density at radius 3 is 2.79 bits per heavy atom. The van der Waals surface area contributed by atoms with Crippen molar-refractivity contribution in [3.05, 3.63) is 51.2 Å². The van der Waals surface area contributed by atoms with Gasteiger partial charge in [-0.15, -0.1) is 0 Å². The highest BCUT2D eigenvalue weighted by molar-refractivity contribution is 14.1. The normalized spacial score (nSPS) is 10.9. The number of aromatic nitrogens is 2. The van der Waals surface area contributed by atoms with Crippen LogP contribution in [0.1, 0.15) is 20.8 Å². The van der Waals surface area contributed by atoms with E-state index in [-0.39, 0.29) is 35.8 Å². The molecular weight excluding hydrogens is 496 g/mol. The van der Waals surface area contributed by atoms with E-state index in [0.29, 0.717) is 14.5 Å². The van der Waals surface area contributed by atoms with E-state index in [1.54, 1.807) is 13.1 Å². The van der Waals surface area contributed by atoms with Crippen LogP contribution in [0, 0.1) is 9.39 Å². The molecule has 9 nitrogen and oxygen atoms in total. The molecule has 0 aliphatic rings. The van der Waals surface area contributed by atoms with Crippen molar-refractivity contribution in [2.75, 3.05) is 18.5 Å².